The van der Waals surface area contributed by atoms with Crippen molar-refractivity contribution in [2.45, 2.75) is 52.9 Å². The lowest BCUT2D eigenvalue weighted by Gasteiger charge is -2.31. The molecular formula is C22H28N4O. The fourth-order valence-electron chi connectivity index (χ4n) is 3.54. The minimum atomic E-state index is 0.103. The molecule has 0 saturated carbocycles. The second-order valence-corrected chi connectivity index (χ2v) is 7.34. The van der Waals surface area contributed by atoms with Gasteiger partial charge in [-0.1, -0.05) is 42.5 Å². The predicted molar refractivity (Wildman–Crippen MR) is 111 cm³/mol. The standard InChI is InChI=1S/C22H28N4O/c1-16(2)26(17(3)4)21(27)15-25-20-13-9-8-12-19(20)24-22(25)23-14-18-10-6-5-7-11-18/h5-13,16-17H,14-15H2,1-4H3,(H,23,24). The van der Waals surface area contributed by atoms with E-state index in [1.54, 1.807) is 0 Å². The number of para-hydroxylation sites is 2. The number of hydrogen-bond donors (Lipinski definition) is 1. The fourth-order valence-corrected chi connectivity index (χ4v) is 3.54. The monoisotopic (exact) mass is 364 g/mol. The number of aromatic nitrogens is 2. The van der Waals surface area contributed by atoms with Crippen LogP contribution in [0.4, 0.5) is 5.95 Å². The molecule has 0 bridgehead atoms. The second kappa shape index (κ2) is 8.25. The summed E-state index contributed by atoms with van der Waals surface area (Å²) in [4.78, 5) is 19.7. The lowest BCUT2D eigenvalue weighted by Crippen LogP contribution is -2.43. The zero-order valence-corrected chi connectivity index (χ0v) is 16.5. The van der Waals surface area contributed by atoms with Crippen LogP contribution in [0.25, 0.3) is 11.0 Å². The van der Waals surface area contributed by atoms with E-state index in [2.05, 4.69) is 45.1 Å². The molecule has 1 heterocycles. The molecule has 0 radical (unpaired) electrons. The van der Waals surface area contributed by atoms with Gasteiger partial charge in [-0.25, -0.2) is 4.98 Å². The van der Waals surface area contributed by atoms with Gasteiger partial charge in [-0.15, -0.1) is 0 Å². The van der Waals surface area contributed by atoms with Gasteiger partial charge in [0, 0.05) is 18.6 Å². The molecule has 0 fully saturated rings. The topological polar surface area (TPSA) is 50.2 Å². The summed E-state index contributed by atoms with van der Waals surface area (Å²) >= 11 is 0. The van der Waals surface area contributed by atoms with E-state index in [0.717, 1.165) is 17.0 Å². The molecule has 0 aliphatic heterocycles. The summed E-state index contributed by atoms with van der Waals surface area (Å²) < 4.78 is 1.98. The van der Waals surface area contributed by atoms with Crippen LogP contribution < -0.4 is 5.32 Å². The van der Waals surface area contributed by atoms with Crippen molar-refractivity contribution >= 4 is 22.9 Å². The summed E-state index contributed by atoms with van der Waals surface area (Å²) in [6.45, 7) is 9.15. The fraction of sp³-hybridized carbons (Fsp3) is 0.364. The van der Waals surface area contributed by atoms with E-state index < -0.39 is 0 Å². The van der Waals surface area contributed by atoms with Gasteiger partial charge in [0.2, 0.25) is 11.9 Å². The van der Waals surface area contributed by atoms with Crippen molar-refractivity contribution in [3.8, 4) is 0 Å². The van der Waals surface area contributed by atoms with Gasteiger partial charge < -0.3 is 14.8 Å². The molecular weight excluding hydrogens is 336 g/mol. The number of nitrogens with one attached hydrogen (secondary N) is 1. The molecule has 5 heteroatoms. The molecule has 0 saturated heterocycles. The lowest BCUT2D eigenvalue weighted by atomic mass is 10.2. The highest BCUT2D eigenvalue weighted by Crippen LogP contribution is 2.21. The van der Waals surface area contributed by atoms with E-state index >= 15 is 0 Å². The summed E-state index contributed by atoms with van der Waals surface area (Å²) in [5.41, 5.74) is 3.03. The number of imidazole rings is 1. The second-order valence-electron chi connectivity index (χ2n) is 7.34. The predicted octanol–water partition coefficient (Wildman–Crippen LogP) is 4.29. The number of hydrogen-bond acceptors (Lipinski definition) is 3. The third-order valence-corrected chi connectivity index (χ3v) is 4.64. The van der Waals surface area contributed by atoms with E-state index in [-0.39, 0.29) is 24.5 Å². The summed E-state index contributed by atoms with van der Waals surface area (Å²) in [7, 11) is 0. The Morgan fingerprint density at radius 1 is 1.00 bits per heavy atom. The summed E-state index contributed by atoms with van der Waals surface area (Å²) in [6, 6.07) is 18.5. The maximum atomic E-state index is 13.0. The Hall–Kier alpha value is -2.82. The van der Waals surface area contributed by atoms with Gasteiger partial charge in [-0.2, -0.15) is 0 Å². The molecule has 1 aromatic heterocycles. The number of carbonyl (C=O) groups excluding carboxylic acids is 1. The van der Waals surface area contributed by atoms with Crippen molar-refractivity contribution in [1.29, 1.82) is 0 Å². The van der Waals surface area contributed by atoms with E-state index in [0.29, 0.717) is 6.54 Å². The van der Waals surface area contributed by atoms with Crippen molar-refractivity contribution < 1.29 is 4.79 Å². The van der Waals surface area contributed by atoms with Crippen molar-refractivity contribution in [1.82, 2.24) is 14.5 Å². The van der Waals surface area contributed by atoms with Gasteiger partial charge in [0.1, 0.15) is 6.54 Å². The molecule has 1 N–H and O–H groups in total. The van der Waals surface area contributed by atoms with Crippen LogP contribution in [0.1, 0.15) is 33.3 Å². The third-order valence-electron chi connectivity index (χ3n) is 4.64. The van der Waals surface area contributed by atoms with Gasteiger partial charge >= 0.3 is 0 Å². The Kier molecular flexibility index (Phi) is 5.79. The van der Waals surface area contributed by atoms with Crippen LogP contribution in [0, 0.1) is 0 Å². The van der Waals surface area contributed by atoms with E-state index in [4.69, 9.17) is 4.98 Å². The molecule has 0 atom stereocenters. The maximum absolute atomic E-state index is 13.0. The van der Waals surface area contributed by atoms with E-state index in [1.807, 2.05) is 51.9 Å². The van der Waals surface area contributed by atoms with Crippen molar-refractivity contribution in [2.75, 3.05) is 5.32 Å². The molecule has 0 unspecified atom stereocenters. The molecule has 0 spiro atoms. The highest BCUT2D eigenvalue weighted by Gasteiger charge is 2.22. The molecule has 0 aliphatic rings. The Bertz CT molecular complexity index is 891. The highest BCUT2D eigenvalue weighted by atomic mass is 16.2. The molecule has 142 valence electrons. The van der Waals surface area contributed by atoms with E-state index in [9.17, 15) is 4.79 Å². The van der Waals surface area contributed by atoms with Gasteiger partial charge in [0.25, 0.3) is 0 Å². The minimum absolute atomic E-state index is 0.103. The SMILES string of the molecule is CC(C)N(C(=O)Cn1c(NCc2ccccc2)nc2ccccc21)C(C)C. The number of nitrogens with zero attached hydrogens (tertiary/aromatic N) is 3. The van der Waals surface area contributed by atoms with Crippen LogP contribution in [-0.4, -0.2) is 32.4 Å². The molecule has 27 heavy (non-hydrogen) atoms. The van der Waals surface area contributed by atoms with Crippen molar-refractivity contribution in [2.24, 2.45) is 0 Å². The number of amides is 1. The van der Waals surface area contributed by atoms with Gasteiger partial charge in [0.15, 0.2) is 0 Å². The highest BCUT2D eigenvalue weighted by molar-refractivity contribution is 5.83. The Morgan fingerprint density at radius 2 is 1.63 bits per heavy atom. The first kappa shape index (κ1) is 19.0. The van der Waals surface area contributed by atoms with Crippen molar-refractivity contribution in [3.63, 3.8) is 0 Å². The largest absolute Gasteiger partial charge is 0.352 e. The average Bonchev–Trinajstić information content (AvgIpc) is 2.98. The van der Waals surface area contributed by atoms with Crippen LogP contribution in [0.15, 0.2) is 54.6 Å². The van der Waals surface area contributed by atoms with Gasteiger partial charge in [-0.3, -0.25) is 4.79 Å². The summed E-state index contributed by atoms with van der Waals surface area (Å²) in [6.07, 6.45) is 0. The molecule has 5 nitrogen and oxygen atoms in total. The Morgan fingerprint density at radius 3 is 2.30 bits per heavy atom. The number of carbonyl (C=O) groups is 1. The molecule has 3 aromatic rings. The van der Waals surface area contributed by atoms with Gasteiger partial charge in [-0.05, 0) is 45.4 Å². The first-order valence-corrected chi connectivity index (χ1v) is 9.51. The zero-order valence-electron chi connectivity index (χ0n) is 16.5. The molecule has 1 amide bonds. The zero-order chi connectivity index (χ0) is 19.4. The van der Waals surface area contributed by atoms with Crippen molar-refractivity contribution in [3.05, 3.63) is 60.2 Å². The molecule has 2 aromatic carbocycles. The lowest BCUT2D eigenvalue weighted by molar-refractivity contribution is -0.135. The first-order chi connectivity index (χ1) is 13.0. The maximum Gasteiger partial charge on any atom is 0.243 e. The van der Waals surface area contributed by atoms with Crippen LogP contribution >= 0.6 is 0 Å². The number of fused-ring (bicyclic) bond motifs is 1. The van der Waals surface area contributed by atoms with Crippen LogP contribution in [-0.2, 0) is 17.9 Å². The number of rotatable bonds is 7. The van der Waals surface area contributed by atoms with Crippen LogP contribution in [0.5, 0.6) is 0 Å². The smallest absolute Gasteiger partial charge is 0.243 e. The normalized spacial score (nSPS) is 11.3. The Labute approximate surface area is 161 Å². The van der Waals surface area contributed by atoms with Crippen LogP contribution in [0.3, 0.4) is 0 Å². The minimum Gasteiger partial charge on any atom is -0.352 e. The first-order valence-electron chi connectivity index (χ1n) is 9.51. The quantitative estimate of drug-likeness (QED) is 0.680. The summed E-state index contributed by atoms with van der Waals surface area (Å²) in [5.74, 6) is 0.826. The average molecular weight is 364 g/mol. The van der Waals surface area contributed by atoms with Gasteiger partial charge in [0.05, 0.1) is 11.0 Å². The Balaban J connectivity index is 1.89. The van der Waals surface area contributed by atoms with Crippen LogP contribution in [0.2, 0.25) is 0 Å². The summed E-state index contributed by atoms with van der Waals surface area (Å²) in [5, 5.41) is 3.40. The molecule has 3 rings (SSSR count). The number of anilines is 1. The number of benzene rings is 2. The van der Waals surface area contributed by atoms with E-state index in [1.165, 1.54) is 5.56 Å². The molecule has 0 aliphatic carbocycles. The third kappa shape index (κ3) is 4.30.